The maximum Gasteiger partial charge on any atom is 0.163 e. The summed E-state index contributed by atoms with van der Waals surface area (Å²) < 4.78 is 7.74. The normalized spacial score (nSPS) is 14.1. The molecule has 3 aromatic rings. The van der Waals surface area contributed by atoms with Gasteiger partial charge in [-0.25, -0.2) is 9.50 Å². The van der Waals surface area contributed by atoms with Crippen molar-refractivity contribution in [2.24, 2.45) is 0 Å². The number of nitrogens with zero attached hydrogens (tertiary/aromatic N) is 3. The third-order valence-corrected chi connectivity index (χ3v) is 4.02. The number of Topliss-reactive ketones (excluding diaryl/α,β-unsaturated/α-hetero) is 1. The molecule has 0 fully saturated rings. The molecule has 0 spiro atoms. The molecule has 4 rings (SSSR count). The minimum absolute atomic E-state index is 0.213. The number of hydrogen-bond donors (Lipinski definition) is 0. The molecule has 5 nitrogen and oxygen atoms in total. The van der Waals surface area contributed by atoms with Crippen LogP contribution in [0.5, 0.6) is 5.75 Å². The van der Waals surface area contributed by atoms with Crippen molar-refractivity contribution in [3.05, 3.63) is 59.5 Å². The van der Waals surface area contributed by atoms with E-state index in [-0.39, 0.29) is 5.78 Å². The summed E-state index contributed by atoms with van der Waals surface area (Å²) in [6.07, 6.45) is 3.95. The number of aromatic nitrogens is 3. The molecule has 2 heterocycles. The average molecular weight is 293 g/mol. The summed E-state index contributed by atoms with van der Waals surface area (Å²) in [5, 5.41) is 4.20. The van der Waals surface area contributed by atoms with Crippen molar-refractivity contribution in [1.82, 2.24) is 14.6 Å². The van der Waals surface area contributed by atoms with Crippen LogP contribution < -0.4 is 4.74 Å². The number of hydrogen-bond acceptors (Lipinski definition) is 4. The van der Waals surface area contributed by atoms with E-state index in [1.165, 1.54) is 6.33 Å². The van der Waals surface area contributed by atoms with Crippen molar-refractivity contribution in [3.63, 3.8) is 0 Å². The van der Waals surface area contributed by atoms with E-state index in [1.807, 2.05) is 36.4 Å². The van der Waals surface area contributed by atoms with Gasteiger partial charge >= 0.3 is 0 Å². The van der Waals surface area contributed by atoms with Gasteiger partial charge in [-0.1, -0.05) is 18.2 Å². The summed E-state index contributed by atoms with van der Waals surface area (Å²) in [5.74, 6) is 1.01. The zero-order valence-corrected chi connectivity index (χ0v) is 12.0. The standard InChI is InChI=1S/C17H15N3O2/c21-15-7-2-6-14-13(15)5-3-8-16(14)22-10-12-4-1-9-17-18-11-19-20(12)17/h1,3-5,8-9,11H,2,6-7,10H2. The number of benzene rings is 1. The summed E-state index contributed by atoms with van der Waals surface area (Å²) in [6.45, 7) is 0.394. The molecular weight excluding hydrogens is 278 g/mol. The molecule has 1 aliphatic carbocycles. The fourth-order valence-corrected chi connectivity index (χ4v) is 2.94. The van der Waals surface area contributed by atoms with Crippen molar-refractivity contribution < 1.29 is 9.53 Å². The molecule has 1 aliphatic rings. The highest BCUT2D eigenvalue weighted by molar-refractivity contribution is 5.99. The second kappa shape index (κ2) is 5.26. The van der Waals surface area contributed by atoms with Gasteiger partial charge in [0.15, 0.2) is 11.4 Å². The van der Waals surface area contributed by atoms with Crippen LogP contribution in [0.15, 0.2) is 42.7 Å². The topological polar surface area (TPSA) is 56.5 Å². The maximum atomic E-state index is 12.0. The lowest BCUT2D eigenvalue weighted by Gasteiger charge is -2.18. The van der Waals surface area contributed by atoms with E-state index in [2.05, 4.69) is 10.1 Å². The first-order valence-electron chi connectivity index (χ1n) is 7.38. The van der Waals surface area contributed by atoms with Crippen LogP contribution in [-0.2, 0) is 13.0 Å². The third-order valence-electron chi connectivity index (χ3n) is 4.02. The molecule has 0 N–H and O–H groups in total. The highest BCUT2D eigenvalue weighted by atomic mass is 16.5. The number of pyridine rings is 1. The largest absolute Gasteiger partial charge is 0.487 e. The first-order chi connectivity index (χ1) is 10.8. The predicted molar refractivity (Wildman–Crippen MR) is 81.0 cm³/mol. The molecule has 5 heteroatoms. The Morgan fingerprint density at radius 3 is 3.00 bits per heavy atom. The van der Waals surface area contributed by atoms with Crippen LogP contribution in [-0.4, -0.2) is 20.4 Å². The Balaban J connectivity index is 1.64. The van der Waals surface area contributed by atoms with Crippen molar-refractivity contribution >= 4 is 11.4 Å². The Bertz CT molecular complexity index is 854. The molecule has 0 unspecified atom stereocenters. The van der Waals surface area contributed by atoms with Crippen LogP contribution >= 0.6 is 0 Å². The summed E-state index contributed by atoms with van der Waals surface area (Å²) in [7, 11) is 0. The number of fused-ring (bicyclic) bond motifs is 2. The Morgan fingerprint density at radius 2 is 2.05 bits per heavy atom. The lowest BCUT2D eigenvalue weighted by atomic mass is 9.90. The van der Waals surface area contributed by atoms with Gasteiger partial charge in [-0.15, -0.1) is 0 Å². The molecule has 1 aromatic carbocycles. The van der Waals surface area contributed by atoms with E-state index < -0.39 is 0 Å². The van der Waals surface area contributed by atoms with Gasteiger partial charge in [-0.3, -0.25) is 4.79 Å². The Morgan fingerprint density at radius 1 is 1.14 bits per heavy atom. The van der Waals surface area contributed by atoms with Crippen LogP contribution in [0.1, 0.15) is 34.5 Å². The smallest absolute Gasteiger partial charge is 0.163 e. The van der Waals surface area contributed by atoms with Gasteiger partial charge in [0.1, 0.15) is 18.7 Å². The Labute approximate surface area is 127 Å². The van der Waals surface area contributed by atoms with Crippen molar-refractivity contribution in [2.75, 3.05) is 0 Å². The molecule has 0 saturated heterocycles. The summed E-state index contributed by atoms with van der Waals surface area (Å²) in [6, 6.07) is 11.5. The van der Waals surface area contributed by atoms with E-state index in [0.29, 0.717) is 13.0 Å². The van der Waals surface area contributed by atoms with Gasteiger partial charge < -0.3 is 4.74 Å². The average Bonchev–Trinajstić information content (AvgIpc) is 3.02. The molecule has 0 saturated carbocycles. The minimum Gasteiger partial charge on any atom is -0.487 e. The number of carbonyl (C=O) groups excluding carboxylic acids is 1. The summed E-state index contributed by atoms with van der Waals surface area (Å²) >= 11 is 0. The molecule has 0 aliphatic heterocycles. The van der Waals surface area contributed by atoms with Crippen LogP contribution in [0.2, 0.25) is 0 Å². The van der Waals surface area contributed by atoms with Crippen molar-refractivity contribution in [1.29, 1.82) is 0 Å². The predicted octanol–water partition coefficient (Wildman–Crippen LogP) is 2.83. The van der Waals surface area contributed by atoms with Crippen molar-refractivity contribution in [3.8, 4) is 5.75 Å². The summed E-state index contributed by atoms with van der Waals surface area (Å²) in [5.41, 5.74) is 3.56. The zero-order valence-electron chi connectivity index (χ0n) is 12.0. The quantitative estimate of drug-likeness (QED) is 0.745. The number of carbonyl (C=O) groups is 1. The molecule has 110 valence electrons. The zero-order chi connectivity index (χ0) is 14.9. The van der Waals surface area contributed by atoms with E-state index in [4.69, 9.17) is 4.74 Å². The molecule has 2 aromatic heterocycles. The monoisotopic (exact) mass is 293 g/mol. The first-order valence-corrected chi connectivity index (χ1v) is 7.38. The molecule has 0 atom stereocenters. The molecule has 0 bridgehead atoms. The molecule has 0 radical (unpaired) electrons. The molecular formula is C17H15N3O2. The van der Waals surface area contributed by atoms with Crippen LogP contribution in [0.3, 0.4) is 0 Å². The Kier molecular flexibility index (Phi) is 3.11. The van der Waals surface area contributed by atoms with Gasteiger partial charge in [0.25, 0.3) is 0 Å². The highest BCUT2D eigenvalue weighted by Gasteiger charge is 2.20. The third kappa shape index (κ3) is 2.15. The van der Waals surface area contributed by atoms with E-state index >= 15 is 0 Å². The molecule has 0 amide bonds. The fraction of sp³-hybridized carbons (Fsp3) is 0.235. The Hall–Kier alpha value is -2.69. The number of ether oxygens (including phenoxy) is 1. The van der Waals surface area contributed by atoms with Crippen LogP contribution in [0.25, 0.3) is 5.65 Å². The van der Waals surface area contributed by atoms with Gasteiger partial charge in [0, 0.05) is 17.5 Å². The van der Waals surface area contributed by atoms with Gasteiger partial charge in [-0.05, 0) is 31.0 Å². The van der Waals surface area contributed by atoms with E-state index in [1.54, 1.807) is 4.52 Å². The SMILES string of the molecule is O=C1CCCc2c(OCc3cccc4ncnn34)cccc21. The van der Waals surface area contributed by atoms with Gasteiger partial charge in [-0.2, -0.15) is 5.10 Å². The lowest BCUT2D eigenvalue weighted by Crippen LogP contribution is -2.13. The first kappa shape index (κ1) is 13.0. The number of rotatable bonds is 3. The lowest BCUT2D eigenvalue weighted by molar-refractivity contribution is 0.0971. The second-order valence-electron chi connectivity index (χ2n) is 5.39. The van der Waals surface area contributed by atoms with E-state index in [0.717, 1.165) is 41.1 Å². The van der Waals surface area contributed by atoms with Crippen LogP contribution in [0.4, 0.5) is 0 Å². The highest BCUT2D eigenvalue weighted by Crippen LogP contribution is 2.30. The summed E-state index contributed by atoms with van der Waals surface area (Å²) in [4.78, 5) is 16.1. The van der Waals surface area contributed by atoms with Crippen LogP contribution in [0, 0.1) is 0 Å². The second-order valence-corrected chi connectivity index (χ2v) is 5.39. The van der Waals surface area contributed by atoms with E-state index in [9.17, 15) is 4.79 Å². The van der Waals surface area contributed by atoms with Crippen molar-refractivity contribution in [2.45, 2.75) is 25.9 Å². The van der Waals surface area contributed by atoms with Gasteiger partial charge in [0.2, 0.25) is 0 Å². The number of ketones is 1. The fourth-order valence-electron chi connectivity index (χ4n) is 2.94. The minimum atomic E-state index is 0.213. The maximum absolute atomic E-state index is 12.0. The van der Waals surface area contributed by atoms with Gasteiger partial charge in [0.05, 0.1) is 5.69 Å². The molecule has 22 heavy (non-hydrogen) atoms.